The van der Waals surface area contributed by atoms with Gasteiger partial charge < -0.3 is 15.0 Å². The van der Waals surface area contributed by atoms with E-state index < -0.39 is 0 Å². The van der Waals surface area contributed by atoms with E-state index in [0.29, 0.717) is 12.5 Å². The molecule has 2 fully saturated rings. The molecule has 0 aromatic carbocycles. The van der Waals surface area contributed by atoms with Crippen LogP contribution in [0, 0.1) is 5.92 Å². The molecule has 1 amide bonds. The van der Waals surface area contributed by atoms with Crippen LogP contribution < -0.4 is 5.32 Å². The Labute approximate surface area is 135 Å². The number of nitrogens with zero attached hydrogens (tertiary/aromatic N) is 3. The number of likely N-dealkylation sites (tertiary alicyclic amines) is 1. The fourth-order valence-corrected chi connectivity index (χ4v) is 3.91. The molecule has 122 valence electrons. The number of carbonyl (C=O) groups excluding carboxylic acids is 1. The van der Waals surface area contributed by atoms with Crippen molar-refractivity contribution in [2.24, 2.45) is 5.92 Å². The zero-order chi connectivity index (χ0) is 15.7. The van der Waals surface area contributed by atoms with E-state index in [1.165, 1.54) is 0 Å². The number of nitrogens with one attached hydrogen (secondary N) is 1. The lowest BCUT2D eigenvalue weighted by Crippen LogP contribution is -2.38. The van der Waals surface area contributed by atoms with Gasteiger partial charge in [0.15, 0.2) is 0 Å². The van der Waals surface area contributed by atoms with Crippen molar-refractivity contribution in [2.75, 3.05) is 25.0 Å². The van der Waals surface area contributed by atoms with Gasteiger partial charge in [-0.1, -0.05) is 12.2 Å². The largest absolute Gasteiger partial charge is 0.371 e. The van der Waals surface area contributed by atoms with Crippen LogP contribution in [-0.2, 0) is 9.53 Å². The Bertz CT molecular complexity index is 598. The van der Waals surface area contributed by atoms with Crippen LogP contribution in [0.3, 0.4) is 0 Å². The molecule has 6 heteroatoms. The summed E-state index contributed by atoms with van der Waals surface area (Å²) in [5, 5.41) is 3.38. The second-order valence-corrected chi connectivity index (χ2v) is 6.78. The van der Waals surface area contributed by atoms with Crippen molar-refractivity contribution in [2.45, 2.75) is 37.3 Å². The second-order valence-electron chi connectivity index (χ2n) is 6.78. The summed E-state index contributed by atoms with van der Waals surface area (Å²) >= 11 is 0. The van der Waals surface area contributed by atoms with Crippen molar-refractivity contribution < 1.29 is 9.53 Å². The van der Waals surface area contributed by atoms with Gasteiger partial charge in [0.05, 0.1) is 24.4 Å². The number of allylic oxidation sites excluding steroid dienone is 2. The zero-order valence-corrected chi connectivity index (χ0v) is 13.1. The van der Waals surface area contributed by atoms with Gasteiger partial charge >= 0.3 is 0 Å². The van der Waals surface area contributed by atoms with Crippen LogP contribution in [0.25, 0.3) is 0 Å². The molecule has 1 aromatic heterocycles. The molecule has 0 bridgehead atoms. The molecule has 0 saturated carbocycles. The summed E-state index contributed by atoms with van der Waals surface area (Å²) in [6, 6.07) is 0.231. The van der Waals surface area contributed by atoms with Crippen molar-refractivity contribution in [1.82, 2.24) is 14.9 Å². The highest BCUT2D eigenvalue weighted by molar-refractivity contribution is 5.80. The van der Waals surface area contributed by atoms with Gasteiger partial charge in [-0.3, -0.25) is 9.78 Å². The zero-order valence-electron chi connectivity index (χ0n) is 13.1. The van der Waals surface area contributed by atoms with E-state index in [2.05, 4.69) is 27.4 Å². The van der Waals surface area contributed by atoms with Crippen LogP contribution in [0.4, 0.5) is 5.82 Å². The van der Waals surface area contributed by atoms with E-state index in [1.807, 2.05) is 4.90 Å². The van der Waals surface area contributed by atoms with Crippen molar-refractivity contribution in [3.8, 4) is 0 Å². The molecule has 1 N–H and O–H groups in total. The van der Waals surface area contributed by atoms with Gasteiger partial charge in [-0.2, -0.15) is 0 Å². The van der Waals surface area contributed by atoms with Crippen LogP contribution in [0.5, 0.6) is 0 Å². The maximum Gasteiger partial charge on any atom is 0.226 e. The molecule has 1 aromatic rings. The van der Waals surface area contributed by atoms with Gasteiger partial charge in [-0.15, -0.1) is 0 Å². The smallest absolute Gasteiger partial charge is 0.226 e. The molecule has 1 spiro atoms. The molecule has 23 heavy (non-hydrogen) atoms. The summed E-state index contributed by atoms with van der Waals surface area (Å²) in [5.41, 5.74) is -0.179. The maximum atomic E-state index is 12.6. The Balaban J connectivity index is 1.35. The van der Waals surface area contributed by atoms with E-state index in [-0.39, 0.29) is 17.6 Å². The summed E-state index contributed by atoms with van der Waals surface area (Å²) in [7, 11) is 0. The van der Waals surface area contributed by atoms with E-state index >= 15 is 0 Å². The molecule has 6 nitrogen and oxygen atoms in total. The maximum absolute atomic E-state index is 12.6. The normalized spacial score (nSPS) is 30.4. The monoisotopic (exact) mass is 314 g/mol. The molecule has 4 rings (SSSR count). The SMILES string of the molecule is O=C(C1CC=CC1)N1CC[C@@]2(C[C@H](Nc3cnccn3)CO2)C1. The quantitative estimate of drug-likeness (QED) is 0.859. The van der Waals surface area contributed by atoms with Gasteiger partial charge in [-0.05, 0) is 19.3 Å². The van der Waals surface area contributed by atoms with Crippen LogP contribution in [0.1, 0.15) is 25.7 Å². The lowest BCUT2D eigenvalue weighted by Gasteiger charge is -2.25. The lowest BCUT2D eigenvalue weighted by atomic mass is 9.97. The first-order valence-corrected chi connectivity index (χ1v) is 8.34. The average Bonchev–Trinajstić information content (AvgIpc) is 3.31. The van der Waals surface area contributed by atoms with Crippen molar-refractivity contribution >= 4 is 11.7 Å². The van der Waals surface area contributed by atoms with Crippen LogP contribution in [-0.4, -0.2) is 52.1 Å². The first-order chi connectivity index (χ1) is 11.2. The van der Waals surface area contributed by atoms with Crippen molar-refractivity contribution in [3.63, 3.8) is 0 Å². The first kappa shape index (κ1) is 14.6. The van der Waals surface area contributed by atoms with Gasteiger partial charge in [-0.25, -0.2) is 4.98 Å². The number of anilines is 1. The molecule has 2 atom stereocenters. The highest BCUT2D eigenvalue weighted by Gasteiger charge is 2.47. The average molecular weight is 314 g/mol. The molecular formula is C17H22N4O2. The standard InChI is InChI=1S/C17H22N4O2/c22-16(13-3-1-2-4-13)21-8-5-17(12-21)9-14(11-23-17)20-15-10-18-6-7-19-15/h1-2,6-7,10,13-14H,3-5,8-9,11-12H2,(H,19,20)/t14-,17+/m0/s1. The molecule has 3 heterocycles. The Morgan fingerprint density at radius 2 is 2.22 bits per heavy atom. The van der Waals surface area contributed by atoms with E-state index in [1.54, 1.807) is 18.6 Å². The summed E-state index contributed by atoms with van der Waals surface area (Å²) < 4.78 is 6.11. The van der Waals surface area contributed by atoms with Crippen molar-refractivity contribution in [3.05, 3.63) is 30.7 Å². The topological polar surface area (TPSA) is 67.4 Å². The number of hydrogen-bond acceptors (Lipinski definition) is 5. The highest BCUT2D eigenvalue weighted by atomic mass is 16.5. The van der Waals surface area contributed by atoms with E-state index in [4.69, 9.17) is 4.74 Å². The minimum atomic E-state index is -0.179. The third-order valence-electron chi connectivity index (χ3n) is 5.11. The molecule has 2 aliphatic heterocycles. The molecule has 3 aliphatic rings. The van der Waals surface area contributed by atoms with Crippen LogP contribution >= 0.6 is 0 Å². The predicted molar refractivity (Wildman–Crippen MR) is 85.8 cm³/mol. The summed E-state index contributed by atoms with van der Waals surface area (Å²) in [4.78, 5) is 22.9. The van der Waals surface area contributed by atoms with Gasteiger partial charge in [0.2, 0.25) is 5.91 Å². The summed E-state index contributed by atoms with van der Waals surface area (Å²) in [6.07, 6.45) is 12.9. The molecule has 0 radical (unpaired) electrons. The van der Waals surface area contributed by atoms with Crippen LogP contribution in [0.15, 0.2) is 30.7 Å². The molecule has 2 saturated heterocycles. The fraction of sp³-hybridized carbons (Fsp3) is 0.588. The minimum absolute atomic E-state index is 0.153. The Morgan fingerprint density at radius 1 is 1.35 bits per heavy atom. The fourth-order valence-electron chi connectivity index (χ4n) is 3.91. The van der Waals surface area contributed by atoms with Gasteiger partial charge in [0.1, 0.15) is 5.82 Å². The van der Waals surface area contributed by atoms with Crippen molar-refractivity contribution in [1.29, 1.82) is 0 Å². The first-order valence-electron chi connectivity index (χ1n) is 8.34. The molecular weight excluding hydrogens is 292 g/mol. The highest BCUT2D eigenvalue weighted by Crippen LogP contribution is 2.37. The predicted octanol–water partition coefficient (Wildman–Crippen LogP) is 1.61. The molecule has 0 unspecified atom stereocenters. The number of ether oxygens (including phenoxy) is 1. The van der Waals surface area contributed by atoms with Gasteiger partial charge in [0, 0.05) is 37.8 Å². The lowest BCUT2D eigenvalue weighted by molar-refractivity contribution is -0.135. The third-order valence-corrected chi connectivity index (χ3v) is 5.11. The van der Waals surface area contributed by atoms with E-state index in [9.17, 15) is 4.79 Å². The minimum Gasteiger partial charge on any atom is -0.371 e. The Hall–Kier alpha value is -1.95. The number of carbonyl (C=O) groups is 1. The number of aromatic nitrogens is 2. The number of hydrogen-bond donors (Lipinski definition) is 1. The number of rotatable bonds is 3. The van der Waals surface area contributed by atoms with Crippen LogP contribution in [0.2, 0.25) is 0 Å². The third kappa shape index (κ3) is 2.95. The van der Waals surface area contributed by atoms with E-state index in [0.717, 1.165) is 44.6 Å². The summed E-state index contributed by atoms with van der Waals surface area (Å²) in [5.74, 6) is 1.22. The second kappa shape index (κ2) is 5.92. The molecule has 1 aliphatic carbocycles. The number of amides is 1. The Morgan fingerprint density at radius 3 is 3.00 bits per heavy atom. The Kier molecular flexibility index (Phi) is 3.77. The van der Waals surface area contributed by atoms with Gasteiger partial charge in [0.25, 0.3) is 0 Å². The summed E-state index contributed by atoms with van der Waals surface area (Å²) in [6.45, 7) is 2.19.